The topological polar surface area (TPSA) is 17.0 Å². The van der Waals surface area contributed by atoms with Crippen LogP contribution < -0.4 is 5.32 Å². The molecule has 0 aliphatic rings. The molecule has 0 unspecified atom stereocenters. The molecule has 3 rings (SSSR count). The average Bonchev–Trinajstić information content (AvgIpc) is 2.71. The highest BCUT2D eigenvalue weighted by atomic mass is 127. The van der Waals surface area contributed by atoms with E-state index in [9.17, 15) is 0 Å². The number of hydrogen-bond acceptors (Lipinski definition) is 1. The van der Waals surface area contributed by atoms with E-state index >= 15 is 0 Å². The average molecular weight is 411 g/mol. The summed E-state index contributed by atoms with van der Waals surface area (Å²) in [6.07, 6.45) is 0. The molecule has 1 heterocycles. The fourth-order valence-electron chi connectivity index (χ4n) is 2.70. The van der Waals surface area contributed by atoms with Crippen molar-refractivity contribution >= 4 is 50.8 Å². The van der Waals surface area contributed by atoms with Gasteiger partial charge in [-0.2, -0.15) is 0 Å². The Morgan fingerprint density at radius 1 is 1.19 bits per heavy atom. The number of rotatable bonds is 3. The number of hydrogen-bond donors (Lipinski definition) is 1. The molecule has 0 saturated heterocycles. The van der Waals surface area contributed by atoms with Crippen LogP contribution in [-0.4, -0.2) is 4.57 Å². The normalized spacial score (nSPS) is 11.0. The summed E-state index contributed by atoms with van der Waals surface area (Å²) in [5.74, 6) is 0. The van der Waals surface area contributed by atoms with Crippen LogP contribution in [0.4, 0.5) is 5.69 Å². The highest BCUT2D eigenvalue weighted by Crippen LogP contribution is 2.27. The molecule has 0 amide bonds. The van der Waals surface area contributed by atoms with E-state index in [1.165, 1.54) is 22.2 Å². The number of benzene rings is 2. The summed E-state index contributed by atoms with van der Waals surface area (Å²) in [6.45, 7) is 2.94. The van der Waals surface area contributed by atoms with E-state index in [0.29, 0.717) is 0 Å². The number of anilines is 1. The molecular formula is C17H16ClIN2. The molecule has 2 nitrogen and oxygen atoms in total. The third-order valence-electron chi connectivity index (χ3n) is 3.88. The first-order chi connectivity index (χ1) is 10.1. The van der Waals surface area contributed by atoms with Crippen molar-refractivity contribution in [3.63, 3.8) is 0 Å². The molecular weight excluding hydrogens is 395 g/mol. The highest BCUT2D eigenvalue weighted by molar-refractivity contribution is 14.1. The lowest BCUT2D eigenvalue weighted by atomic mass is 10.1. The molecule has 1 aromatic heterocycles. The van der Waals surface area contributed by atoms with Crippen LogP contribution >= 0.6 is 34.2 Å². The Morgan fingerprint density at radius 3 is 2.67 bits per heavy atom. The molecule has 0 bridgehead atoms. The van der Waals surface area contributed by atoms with Crippen LogP contribution in [0, 0.1) is 10.5 Å². The number of aromatic nitrogens is 1. The van der Waals surface area contributed by atoms with E-state index in [4.69, 9.17) is 11.6 Å². The van der Waals surface area contributed by atoms with Gasteiger partial charge in [0.25, 0.3) is 0 Å². The van der Waals surface area contributed by atoms with Gasteiger partial charge in [-0.15, -0.1) is 0 Å². The molecule has 0 aliphatic carbocycles. The summed E-state index contributed by atoms with van der Waals surface area (Å²) in [6, 6.07) is 14.6. The first kappa shape index (κ1) is 14.7. The zero-order chi connectivity index (χ0) is 15.0. The zero-order valence-corrected chi connectivity index (χ0v) is 14.9. The highest BCUT2D eigenvalue weighted by Gasteiger charge is 2.11. The van der Waals surface area contributed by atoms with Crippen LogP contribution in [0.1, 0.15) is 11.3 Å². The van der Waals surface area contributed by atoms with Crippen LogP contribution in [0.3, 0.4) is 0 Å². The van der Waals surface area contributed by atoms with Gasteiger partial charge < -0.3 is 9.88 Å². The van der Waals surface area contributed by atoms with Gasteiger partial charge in [-0.1, -0.05) is 29.8 Å². The van der Waals surface area contributed by atoms with Crippen LogP contribution in [0.5, 0.6) is 0 Å². The fourth-order valence-corrected chi connectivity index (χ4v) is 3.62. The van der Waals surface area contributed by atoms with Crippen molar-refractivity contribution < 1.29 is 0 Å². The third-order valence-corrected chi connectivity index (χ3v) is 4.87. The molecule has 108 valence electrons. The summed E-state index contributed by atoms with van der Waals surface area (Å²) in [5.41, 5.74) is 4.84. The quantitative estimate of drug-likeness (QED) is 0.575. The van der Waals surface area contributed by atoms with Crippen molar-refractivity contribution in [3.8, 4) is 0 Å². The number of fused-ring (bicyclic) bond motifs is 1. The van der Waals surface area contributed by atoms with Gasteiger partial charge >= 0.3 is 0 Å². The first-order valence-electron chi connectivity index (χ1n) is 6.79. The standard InChI is InChI=1S/C17H16ClIN2/c1-11-13-5-3-4-6-16(13)21(2)17(11)10-20-15-8-7-12(19)9-14(15)18/h3-9,20H,10H2,1-2H3. The summed E-state index contributed by atoms with van der Waals surface area (Å²) < 4.78 is 3.39. The minimum atomic E-state index is 0.761. The smallest absolute Gasteiger partial charge is 0.0648 e. The van der Waals surface area contributed by atoms with E-state index in [2.05, 4.69) is 76.8 Å². The van der Waals surface area contributed by atoms with E-state index < -0.39 is 0 Å². The number of halogens is 2. The maximum atomic E-state index is 6.28. The van der Waals surface area contributed by atoms with Gasteiger partial charge in [-0.25, -0.2) is 0 Å². The molecule has 21 heavy (non-hydrogen) atoms. The summed E-state index contributed by atoms with van der Waals surface area (Å²) in [5, 5.41) is 5.52. The minimum absolute atomic E-state index is 0.761. The van der Waals surface area contributed by atoms with Crippen LogP contribution in [0.2, 0.25) is 5.02 Å². The molecule has 0 saturated carbocycles. The summed E-state index contributed by atoms with van der Waals surface area (Å²) in [7, 11) is 2.11. The Labute approximate surface area is 143 Å². The van der Waals surface area contributed by atoms with Crippen LogP contribution in [-0.2, 0) is 13.6 Å². The SMILES string of the molecule is Cc1c(CNc2ccc(I)cc2Cl)n(C)c2ccccc12. The van der Waals surface area contributed by atoms with Gasteiger partial charge in [0, 0.05) is 27.2 Å². The van der Waals surface area contributed by atoms with Crippen LogP contribution in [0.25, 0.3) is 10.9 Å². The lowest BCUT2D eigenvalue weighted by molar-refractivity contribution is 0.862. The number of nitrogens with zero attached hydrogens (tertiary/aromatic N) is 1. The third kappa shape index (κ3) is 2.77. The Hall–Kier alpha value is -1.20. The van der Waals surface area contributed by atoms with Crippen molar-refractivity contribution in [1.29, 1.82) is 0 Å². The lowest BCUT2D eigenvalue weighted by Crippen LogP contribution is -2.06. The van der Waals surface area contributed by atoms with E-state index in [1.54, 1.807) is 0 Å². The molecule has 1 N–H and O–H groups in total. The van der Waals surface area contributed by atoms with Gasteiger partial charge in [0.15, 0.2) is 0 Å². The second-order valence-corrected chi connectivity index (χ2v) is 6.78. The second kappa shape index (κ2) is 5.89. The Morgan fingerprint density at radius 2 is 1.95 bits per heavy atom. The lowest BCUT2D eigenvalue weighted by Gasteiger charge is -2.11. The van der Waals surface area contributed by atoms with Crippen molar-refractivity contribution in [2.75, 3.05) is 5.32 Å². The second-order valence-electron chi connectivity index (χ2n) is 5.13. The summed E-state index contributed by atoms with van der Waals surface area (Å²) in [4.78, 5) is 0. The number of para-hydroxylation sites is 1. The van der Waals surface area contributed by atoms with Gasteiger partial charge in [-0.05, 0) is 59.3 Å². The molecule has 3 aromatic rings. The first-order valence-corrected chi connectivity index (χ1v) is 8.25. The van der Waals surface area contributed by atoms with Crippen LogP contribution in [0.15, 0.2) is 42.5 Å². The van der Waals surface area contributed by atoms with Gasteiger partial charge in [-0.3, -0.25) is 0 Å². The molecule has 2 aromatic carbocycles. The summed E-state index contributed by atoms with van der Waals surface area (Å²) >= 11 is 8.55. The van der Waals surface area contributed by atoms with Gasteiger partial charge in [0.05, 0.1) is 17.3 Å². The maximum Gasteiger partial charge on any atom is 0.0648 e. The molecule has 0 atom stereocenters. The predicted molar refractivity (Wildman–Crippen MR) is 99.2 cm³/mol. The van der Waals surface area contributed by atoms with Crippen molar-refractivity contribution in [2.24, 2.45) is 7.05 Å². The van der Waals surface area contributed by atoms with Crippen molar-refractivity contribution in [3.05, 3.63) is 62.3 Å². The Balaban J connectivity index is 1.92. The number of nitrogens with one attached hydrogen (secondary N) is 1. The van der Waals surface area contributed by atoms with Gasteiger partial charge in [0.2, 0.25) is 0 Å². The Bertz CT molecular complexity index is 769. The molecule has 0 spiro atoms. The molecule has 0 fully saturated rings. The molecule has 0 aliphatic heterocycles. The monoisotopic (exact) mass is 410 g/mol. The van der Waals surface area contributed by atoms with E-state index in [-0.39, 0.29) is 0 Å². The van der Waals surface area contributed by atoms with E-state index in [1.807, 2.05) is 12.1 Å². The van der Waals surface area contributed by atoms with Crippen molar-refractivity contribution in [1.82, 2.24) is 4.57 Å². The minimum Gasteiger partial charge on any atom is -0.378 e. The predicted octanol–water partition coefficient (Wildman–Crippen LogP) is 5.36. The maximum absolute atomic E-state index is 6.28. The largest absolute Gasteiger partial charge is 0.378 e. The van der Waals surface area contributed by atoms with E-state index in [0.717, 1.165) is 20.8 Å². The Kier molecular flexibility index (Phi) is 4.13. The molecule has 4 heteroatoms. The van der Waals surface area contributed by atoms with Crippen molar-refractivity contribution in [2.45, 2.75) is 13.5 Å². The molecule has 0 radical (unpaired) electrons. The van der Waals surface area contributed by atoms with Gasteiger partial charge in [0.1, 0.15) is 0 Å². The number of aryl methyl sites for hydroxylation is 2. The fraction of sp³-hybridized carbons (Fsp3) is 0.176. The zero-order valence-electron chi connectivity index (χ0n) is 12.0.